The summed E-state index contributed by atoms with van der Waals surface area (Å²) in [5, 5.41) is 20.9. The van der Waals surface area contributed by atoms with E-state index < -0.39 is 10.5 Å². The molecule has 0 amide bonds. The number of aromatic nitrogens is 1. The monoisotopic (exact) mass is 340 g/mol. The summed E-state index contributed by atoms with van der Waals surface area (Å²) in [6, 6.07) is 10.3. The fourth-order valence-corrected chi connectivity index (χ4v) is 2.18. The Labute approximate surface area is 140 Å². The second kappa shape index (κ2) is 6.44. The van der Waals surface area contributed by atoms with Gasteiger partial charge in [-0.3, -0.25) is 10.1 Å². The smallest absolute Gasteiger partial charge is 0.362 e. The number of fused-ring (bicyclic) bond motifs is 1. The topological polar surface area (TPSA) is 116 Å². The van der Waals surface area contributed by atoms with E-state index in [2.05, 4.69) is 4.98 Å². The van der Waals surface area contributed by atoms with Gasteiger partial charge in [-0.1, -0.05) is 0 Å². The lowest BCUT2D eigenvalue weighted by atomic mass is 10.1. The number of nitro benzene ring substituents is 1. The van der Waals surface area contributed by atoms with Gasteiger partial charge in [0.05, 0.1) is 18.1 Å². The van der Waals surface area contributed by atoms with E-state index in [1.54, 1.807) is 24.3 Å². The molecule has 2 aromatic carbocycles. The van der Waals surface area contributed by atoms with Crippen molar-refractivity contribution in [2.75, 3.05) is 7.11 Å². The van der Waals surface area contributed by atoms with Gasteiger partial charge in [-0.25, -0.2) is 9.78 Å². The van der Waals surface area contributed by atoms with Crippen molar-refractivity contribution >= 4 is 28.6 Å². The number of aliphatic hydroxyl groups excluding tert-OH is 1. The maximum atomic E-state index is 12.0. The molecule has 8 nitrogen and oxygen atoms in total. The Kier molecular flexibility index (Phi) is 4.17. The molecule has 8 heteroatoms. The molecule has 0 aliphatic carbocycles. The molecule has 126 valence electrons. The molecule has 0 aliphatic rings. The van der Waals surface area contributed by atoms with Crippen LogP contribution in [-0.4, -0.2) is 22.1 Å². The molecule has 0 bridgehead atoms. The molecule has 0 unspecified atom stereocenters. The molecule has 25 heavy (non-hydrogen) atoms. The van der Waals surface area contributed by atoms with Crippen LogP contribution in [0.5, 0.6) is 5.75 Å². The second-order valence-corrected chi connectivity index (χ2v) is 5.05. The maximum absolute atomic E-state index is 12.0. The van der Waals surface area contributed by atoms with Crippen LogP contribution in [0, 0.1) is 10.1 Å². The first-order valence-corrected chi connectivity index (χ1v) is 7.12. The molecule has 0 fully saturated rings. The molecule has 3 aromatic rings. The Morgan fingerprint density at radius 2 is 2.00 bits per heavy atom. The lowest BCUT2D eigenvalue weighted by molar-refractivity contribution is -0.384. The van der Waals surface area contributed by atoms with E-state index in [1.807, 2.05) is 0 Å². The van der Waals surface area contributed by atoms with Gasteiger partial charge in [0.2, 0.25) is 0 Å². The molecule has 0 atom stereocenters. The van der Waals surface area contributed by atoms with E-state index in [4.69, 9.17) is 9.15 Å². The predicted octanol–water partition coefficient (Wildman–Crippen LogP) is 3.16. The zero-order valence-electron chi connectivity index (χ0n) is 13.0. The molecule has 0 aliphatic heterocycles. The van der Waals surface area contributed by atoms with Crippen LogP contribution in [0.25, 0.3) is 22.9 Å². The van der Waals surface area contributed by atoms with Gasteiger partial charge >= 0.3 is 5.63 Å². The summed E-state index contributed by atoms with van der Waals surface area (Å²) < 4.78 is 10.1. The van der Waals surface area contributed by atoms with Crippen molar-refractivity contribution < 1.29 is 19.2 Å². The van der Waals surface area contributed by atoms with Crippen molar-refractivity contribution in [3.8, 4) is 5.75 Å². The highest BCUT2D eigenvalue weighted by Crippen LogP contribution is 2.21. The quantitative estimate of drug-likeness (QED) is 0.440. The van der Waals surface area contributed by atoms with Crippen LogP contribution in [0.2, 0.25) is 0 Å². The highest BCUT2D eigenvalue weighted by Gasteiger charge is 2.12. The summed E-state index contributed by atoms with van der Waals surface area (Å²) >= 11 is 0. The number of hydrogen-bond acceptors (Lipinski definition) is 7. The van der Waals surface area contributed by atoms with Crippen LogP contribution >= 0.6 is 0 Å². The summed E-state index contributed by atoms with van der Waals surface area (Å²) in [6.45, 7) is 0. The Hall–Kier alpha value is -3.68. The van der Waals surface area contributed by atoms with Gasteiger partial charge in [-0.05, 0) is 30.3 Å². The van der Waals surface area contributed by atoms with Gasteiger partial charge in [0.15, 0.2) is 11.3 Å². The first kappa shape index (κ1) is 16.2. The molecule has 3 rings (SSSR count). The van der Waals surface area contributed by atoms with E-state index in [1.165, 1.54) is 25.3 Å². The van der Waals surface area contributed by atoms with Gasteiger partial charge in [0.25, 0.3) is 5.69 Å². The van der Waals surface area contributed by atoms with E-state index in [0.29, 0.717) is 11.3 Å². The average molecular weight is 340 g/mol. The summed E-state index contributed by atoms with van der Waals surface area (Å²) in [5.74, 6) is 0.449. The van der Waals surface area contributed by atoms with Crippen LogP contribution in [0.3, 0.4) is 0 Å². The minimum atomic E-state index is -0.812. The van der Waals surface area contributed by atoms with Crippen molar-refractivity contribution in [3.05, 3.63) is 74.3 Å². The van der Waals surface area contributed by atoms with Crippen LogP contribution in [0.1, 0.15) is 11.3 Å². The fraction of sp³-hybridized carbons (Fsp3) is 0.0588. The molecular weight excluding hydrogens is 328 g/mol. The summed E-state index contributed by atoms with van der Waals surface area (Å²) in [5.41, 5.74) is -0.408. The Balaban J connectivity index is 2.02. The standard InChI is InChI=1S/C17H12N2O6/c1-24-12-5-2-10(3-6-12)15(20)9-14-17(21)25-16-8-11(19(22)23)4-7-13(16)18-14/h2-9,20H,1H3/b15-9-. The number of benzene rings is 2. The second-order valence-electron chi connectivity index (χ2n) is 5.05. The fourth-order valence-electron chi connectivity index (χ4n) is 2.18. The number of rotatable bonds is 4. The first-order chi connectivity index (χ1) is 12.0. The van der Waals surface area contributed by atoms with Gasteiger partial charge < -0.3 is 14.3 Å². The number of ether oxygens (including phenoxy) is 1. The number of hydrogen-bond donors (Lipinski definition) is 1. The molecule has 0 spiro atoms. The molecule has 0 saturated heterocycles. The minimum Gasteiger partial charge on any atom is -0.507 e. The minimum absolute atomic E-state index is 0.000266. The van der Waals surface area contributed by atoms with E-state index in [9.17, 15) is 20.0 Å². The first-order valence-electron chi connectivity index (χ1n) is 7.12. The van der Waals surface area contributed by atoms with Crippen LogP contribution in [0.4, 0.5) is 5.69 Å². The van der Waals surface area contributed by atoms with E-state index >= 15 is 0 Å². The zero-order chi connectivity index (χ0) is 18.0. The number of methoxy groups -OCH3 is 1. The van der Waals surface area contributed by atoms with Crippen LogP contribution < -0.4 is 10.4 Å². The van der Waals surface area contributed by atoms with Crippen molar-refractivity contribution in [3.63, 3.8) is 0 Å². The molecule has 0 saturated carbocycles. The third-order valence-electron chi connectivity index (χ3n) is 3.47. The molecular formula is C17H12N2O6. The number of nitro groups is 1. The van der Waals surface area contributed by atoms with Gasteiger partial charge in [-0.15, -0.1) is 0 Å². The maximum Gasteiger partial charge on any atom is 0.362 e. The van der Waals surface area contributed by atoms with E-state index in [-0.39, 0.29) is 28.2 Å². The Morgan fingerprint density at radius 3 is 2.64 bits per heavy atom. The largest absolute Gasteiger partial charge is 0.507 e. The Bertz CT molecular complexity index is 1040. The third-order valence-corrected chi connectivity index (χ3v) is 3.47. The Morgan fingerprint density at radius 1 is 1.28 bits per heavy atom. The van der Waals surface area contributed by atoms with Crippen molar-refractivity contribution in [1.29, 1.82) is 0 Å². The number of non-ortho nitro benzene ring substituents is 1. The number of aliphatic hydroxyl groups is 1. The SMILES string of the molecule is COc1ccc(/C(O)=C/c2nc3ccc([N+](=O)[O-])cc3oc2=O)cc1. The highest BCUT2D eigenvalue weighted by atomic mass is 16.6. The highest BCUT2D eigenvalue weighted by molar-refractivity contribution is 5.79. The number of nitrogens with zero attached hydrogens (tertiary/aromatic N) is 2. The van der Waals surface area contributed by atoms with E-state index in [0.717, 1.165) is 6.07 Å². The summed E-state index contributed by atoms with van der Waals surface area (Å²) in [7, 11) is 1.53. The lowest BCUT2D eigenvalue weighted by Crippen LogP contribution is -2.06. The van der Waals surface area contributed by atoms with Crippen molar-refractivity contribution in [2.24, 2.45) is 0 Å². The predicted molar refractivity (Wildman–Crippen MR) is 90.4 cm³/mol. The molecule has 1 heterocycles. The van der Waals surface area contributed by atoms with Crippen molar-refractivity contribution in [2.45, 2.75) is 0 Å². The van der Waals surface area contributed by atoms with Gasteiger partial charge in [0.1, 0.15) is 17.0 Å². The molecule has 0 radical (unpaired) electrons. The zero-order valence-corrected chi connectivity index (χ0v) is 13.0. The van der Waals surface area contributed by atoms with Crippen LogP contribution in [0.15, 0.2) is 51.7 Å². The van der Waals surface area contributed by atoms with Gasteiger partial charge in [0, 0.05) is 17.7 Å². The normalized spacial score (nSPS) is 11.5. The molecule has 1 aromatic heterocycles. The van der Waals surface area contributed by atoms with Crippen molar-refractivity contribution in [1.82, 2.24) is 4.98 Å². The van der Waals surface area contributed by atoms with Crippen LogP contribution in [-0.2, 0) is 0 Å². The summed E-state index contributed by atoms with van der Waals surface area (Å²) in [6.07, 6.45) is 1.18. The lowest BCUT2D eigenvalue weighted by Gasteiger charge is -2.03. The van der Waals surface area contributed by atoms with Gasteiger partial charge in [-0.2, -0.15) is 0 Å². The third kappa shape index (κ3) is 3.32. The molecule has 1 N–H and O–H groups in total. The average Bonchev–Trinajstić information content (AvgIpc) is 2.61. The summed E-state index contributed by atoms with van der Waals surface area (Å²) in [4.78, 5) is 26.3.